The summed E-state index contributed by atoms with van der Waals surface area (Å²) in [5, 5.41) is 0.601. The van der Waals surface area contributed by atoms with Crippen LogP contribution in [-0.4, -0.2) is 13.2 Å². The molecule has 90 valence electrons. The summed E-state index contributed by atoms with van der Waals surface area (Å²) in [6, 6.07) is 1.98. The minimum absolute atomic E-state index is 0.301. The van der Waals surface area contributed by atoms with Crippen molar-refractivity contribution in [2.45, 2.75) is 32.2 Å². The molecule has 17 heavy (non-hydrogen) atoms. The molecule has 0 fully saturated rings. The predicted octanol–water partition coefficient (Wildman–Crippen LogP) is 3.06. The number of methoxy groups -OCH3 is 1. The Bertz CT molecular complexity index is 479. The minimum atomic E-state index is 0.301. The molecule has 3 nitrogen and oxygen atoms in total. The molecule has 0 aliphatic heterocycles. The second-order valence-electron chi connectivity index (χ2n) is 4.12. The van der Waals surface area contributed by atoms with Crippen molar-refractivity contribution in [3.05, 3.63) is 27.8 Å². The Morgan fingerprint density at radius 1 is 1.47 bits per heavy atom. The zero-order valence-electron chi connectivity index (χ0n) is 9.75. The second-order valence-corrected chi connectivity index (χ2v) is 4.53. The van der Waals surface area contributed by atoms with Crippen LogP contribution in [-0.2, 0) is 24.2 Å². The topological polar surface area (TPSA) is 38.7 Å². The number of nitrogens with zero attached hydrogens (tertiary/aromatic N) is 1. The highest BCUT2D eigenvalue weighted by Crippen LogP contribution is 2.37. The smallest absolute Gasteiger partial charge is 0.235 e. The number of fused-ring (bicyclic) bond motifs is 1. The van der Waals surface area contributed by atoms with Crippen LogP contribution in [0.25, 0.3) is 0 Å². The van der Waals surface area contributed by atoms with Crippen molar-refractivity contribution < 1.29 is 9.53 Å². The van der Waals surface area contributed by atoms with E-state index in [2.05, 4.69) is 4.99 Å². The van der Waals surface area contributed by atoms with E-state index in [1.165, 1.54) is 17.5 Å². The number of hydrogen-bond acceptors (Lipinski definition) is 3. The Hall–Kier alpha value is -1.31. The van der Waals surface area contributed by atoms with Gasteiger partial charge in [-0.1, -0.05) is 11.6 Å². The summed E-state index contributed by atoms with van der Waals surface area (Å²) in [4.78, 5) is 13.9. The third-order valence-electron chi connectivity index (χ3n) is 3.17. The zero-order valence-corrected chi connectivity index (χ0v) is 10.5. The molecule has 0 N–H and O–H groups in total. The molecule has 0 aromatic heterocycles. The monoisotopic (exact) mass is 251 g/mol. The first-order valence-electron chi connectivity index (χ1n) is 5.68. The third-order valence-corrected chi connectivity index (χ3v) is 3.45. The van der Waals surface area contributed by atoms with Crippen molar-refractivity contribution in [2.24, 2.45) is 4.99 Å². The zero-order chi connectivity index (χ0) is 12.3. The lowest BCUT2D eigenvalue weighted by Crippen LogP contribution is -2.08. The van der Waals surface area contributed by atoms with Gasteiger partial charge in [-0.3, -0.25) is 0 Å². The van der Waals surface area contributed by atoms with Gasteiger partial charge in [0.05, 0.1) is 18.7 Å². The van der Waals surface area contributed by atoms with Crippen molar-refractivity contribution in [1.29, 1.82) is 0 Å². The number of halogens is 1. The maximum absolute atomic E-state index is 10.3. The largest absolute Gasteiger partial charge is 0.495 e. The van der Waals surface area contributed by atoms with Crippen LogP contribution in [0.15, 0.2) is 11.1 Å². The van der Waals surface area contributed by atoms with E-state index in [9.17, 15) is 4.79 Å². The van der Waals surface area contributed by atoms with Crippen LogP contribution >= 0.6 is 11.6 Å². The molecule has 0 saturated carbocycles. The molecule has 0 amide bonds. The molecule has 0 radical (unpaired) electrons. The standard InChI is InChI=1S/C13H14ClNO2/c1-17-13-11(7-15-8-16)10-5-3-2-4-9(10)6-12(13)14/h6H,2-5,7H2,1H3. The molecule has 1 aliphatic carbocycles. The maximum Gasteiger partial charge on any atom is 0.235 e. The Morgan fingerprint density at radius 2 is 2.24 bits per heavy atom. The quantitative estimate of drug-likeness (QED) is 0.612. The summed E-state index contributed by atoms with van der Waals surface area (Å²) < 4.78 is 5.32. The van der Waals surface area contributed by atoms with Crippen molar-refractivity contribution in [2.75, 3.05) is 7.11 Å². The number of benzene rings is 1. The summed E-state index contributed by atoms with van der Waals surface area (Å²) >= 11 is 6.18. The van der Waals surface area contributed by atoms with Gasteiger partial charge in [0, 0.05) is 5.56 Å². The van der Waals surface area contributed by atoms with Crippen LogP contribution in [0.2, 0.25) is 5.02 Å². The lowest BCUT2D eigenvalue weighted by molar-refractivity contribution is 0.408. The van der Waals surface area contributed by atoms with Crippen LogP contribution in [0.4, 0.5) is 0 Å². The summed E-state index contributed by atoms with van der Waals surface area (Å²) in [6.45, 7) is 0.301. The summed E-state index contributed by atoms with van der Waals surface area (Å²) in [5.74, 6) is 0.645. The lowest BCUT2D eigenvalue weighted by Gasteiger charge is -2.21. The van der Waals surface area contributed by atoms with E-state index in [-0.39, 0.29) is 0 Å². The van der Waals surface area contributed by atoms with E-state index in [4.69, 9.17) is 16.3 Å². The van der Waals surface area contributed by atoms with E-state index in [0.717, 1.165) is 24.8 Å². The number of rotatable bonds is 3. The molecule has 4 heteroatoms. The average molecular weight is 252 g/mol. The minimum Gasteiger partial charge on any atom is -0.495 e. The number of aryl methyl sites for hydroxylation is 1. The first-order chi connectivity index (χ1) is 8.27. The van der Waals surface area contributed by atoms with Crippen molar-refractivity contribution in [3.8, 4) is 5.75 Å². The first kappa shape index (κ1) is 12.2. The van der Waals surface area contributed by atoms with E-state index in [1.54, 1.807) is 13.2 Å². The highest BCUT2D eigenvalue weighted by molar-refractivity contribution is 6.32. The first-order valence-corrected chi connectivity index (χ1v) is 6.06. The van der Waals surface area contributed by atoms with Crippen LogP contribution in [0, 0.1) is 0 Å². The van der Waals surface area contributed by atoms with Gasteiger partial charge in [0.1, 0.15) is 5.75 Å². The molecule has 0 bridgehead atoms. The van der Waals surface area contributed by atoms with Crippen molar-refractivity contribution in [3.63, 3.8) is 0 Å². The van der Waals surface area contributed by atoms with Gasteiger partial charge in [0.25, 0.3) is 0 Å². The number of aliphatic imine (C=N–C) groups is 1. The van der Waals surface area contributed by atoms with E-state index in [0.29, 0.717) is 17.3 Å². The fourth-order valence-electron chi connectivity index (χ4n) is 2.43. The van der Waals surface area contributed by atoms with Gasteiger partial charge in [-0.15, -0.1) is 0 Å². The van der Waals surface area contributed by atoms with Crippen LogP contribution in [0.3, 0.4) is 0 Å². The van der Waals surface area contributed by atoms with Gasteiger partial charge in [-0.25, -0.2) is 9.79 Å². The normalized spacial score (nSPS) is 13.8. The molecule has 0 atom stereocenters. The van der Waals surface area contributed by atoms with E-state index < -0.39 is 0 Å². The molecule has 0 saturated heterocycles. The summed E-state index contributed by atoms with van der Waals surface area (Å²) in [6.07, 6.45) is 5.96. The van der Waals surface area contributed by atoms with Gasteiger partial charge in [-0.2, -0.15) is 0 Å². The van der Waals surface area contributed by atoms with E-state index >= 15 is 0 Å². The highest BCUT2D eigenvalue weighted by Gasteiger charge is 2.19. The third kappa shape index (κ3) is 2.36. The van der Waals surface area contributed by atoms with Gasteiger partial charge >= 0.3 is 0 Å². The molecule has 0 spiro atoms. The van der Waals surface area contributed by atoms with Gasteiger partial charge < -0.3 is 4.74 Å². The van der Waals surface area contributed by atoms with Crippen LogP contribution in [0.1, 0.15) is 29.5 Å². The molecular formula is C13H14ClNO2. The number of carbonyl (C=O) groups excluding carboxylic acids is 1. The molecule has 2 rings (SSSR count). The van der Waals surface area contributed by atoms with Crippen molar-refractivity contribution in [1.82, 2.24) is 0 Å². The highest BCUT2D eigenvalue weighted by atomic mass is 35.5. The molecular weight excluding hydrogens is 238 g/mol. The number of hydrogen-bond donors (Lipinski definition) is 0. The Labute approximate surface area is 105 Å². The summed E-state index contributed by atoms with van der Waals surface area (Å²) in [5.41, 5.74) is 3.45. The predicted molar refractivity (Wildman–Crippen MR) is 66.5 cm³/mol. The van der Waals surface area contributed by atoms with Crippen LogP contribution in [0.5, 0.6) is 5.75 Å². The fourth-order valence-corrected chi connectivity index (χ4v) is 2.75. The molecule has 0 heterocycles. The molecule has 1 aromatic carbocycles. The second kappa shape index (κ2) is 5.35. The lowest BCUT2D eigenvalue weighted by atomic mass is 9.87. The Kier molecular flexibility index (Phi) is 3.82. The molecule has 0 unspecified atom stereocenters. The average Bonchev–Trinajstić information content (AvgIpc) is 2.35. The molecule has 1 aliphatic rings. The van der Waals surface area contributed by atoms with Crippen LogP contribution < -0.4 is 4.74 Å². The molecule has 1 aromatic rings. The van der Waals surface area contributed by atoms with Gasteiger partial charge in [0.2, 0.25) is 6.08 Å². The fraction of sp³-hybridized carbons (Fsp3) is 0.462. The summed E-state index contributed by atoms with van der Waals surface area (Å²) in [7, 11) is 1.59. The Balaban J connectivity index is 2.56. The SMILES string of the molecule is COc1c(Cl)cc2c(c1CN=C=O)CCCC2. The maximum atomic E-state index is 10.3. The van der Waals surface area contributed by atoms with E-state index in [1.807, 2.05) is 6.07 Å². The number of ether oxygens (including phenoxy) is 1. The van der Waals surface area contributed by atoms with Crippen molar-refractivity contribution >= 4 is 17.7 Å². The number of isocyanates is 1. The Morgan fingerprint density at radius 3 is 2.94 bits per heavy atom. The van der Waals surface area contributed by atoms with Gasteiger partial charge in [0.15, 0.2) is 0 Å². The van der Waals surface area contributed by atoms with Gasteiger partial charge in [-0.05, 0) is 42.9 Å².